The predicted octanol–water partition coefficient (Wildman–Crippen LogP) is 2.68. The lowest BCUT2D eigenvalue weighted by molar-refractivity contribution is 0.348. The molecule has 0 aliphatic rings. The van der Waals surface area contributed by atoms with E-state index in [1.807, 2.05) is 6.92 Å². The highest BCUT2D eigenvalue weighted by Gasteiger charge is 2.16. The van der Waals surface area contributed by atoms with Gasteiger partial charge in [-0.3, -0.25) is 0 Å². The number of benzene rings is 1. The summed E-state index contributed by atoms with van der Waals surface area (Å²) in [6.45, 7) is 2.02. The minimum Gasteiger partial charge on any atom is -0.337 e. The SMILES string of the molecule is CCC[C@@H](N)c1nc(-c2ccccc2F)no1. The molecule has 0 spiro atoms. The number of hydrogen-bond acceptors (Lipinski definition) is 4. The van der Waals surface area contributed by atoms with E-state index in [9.17, 15) is 4.39 Å². The van der Waals surface area contributed by atoms with Gasteiger partial charge in [0, 0.05) is 0 Å². The Morgan fingerprint density at radius 2 is 2.18 bits per heavy atom. The van der Waals surface area contributed by atoms with Crippen molar-refractivity contribution in [2.45, 2.75) is 25.8 Å². The summed E-state index contributed by atoms with van der Waals surface area (Å²) in [6, 6.07) is 6.02. The molecule has 90 valence electrons. The van der Waals surface area contributed by atoms with Gasteiger partial charge in [0.05, 0.1) is 11.6 Å². The Morgan fingerprint density at radius 1 is 1.41 bits per heavy atom. The van der Waals surface area contributed by atoms with Crippen molar-refractivity contribution in [1.29, 1.82) is 0 Å². The van der Waals surface area contributed by atoms with Crippen LogP contribution in [0.25, 0.3) is 11.4 Å². The Balaban J connectivity index is 2.27. The van der Waals surface area contributed by atoms with Gasteiger partial charge in [0.1, 0.15) is 5.82 Å². The van der Waals surface area contributed by atoms with Gasteiger partial charge < -0.3 is 10.3 Å². The van der Waals surface area contributed by atoms with Crippen LogP contribution in [0.5, 0.6) is 0 Å². The minimum atomic E-state index is -0.371. The van der Waals surface area contributed by atoms with Crippen LogP contribution in [-0.4, -0.2) is 10.1 Å². The summed E-state index contributed by atoms with van der Waals surface area (Å²) in [5.74, 6) is 0.221. The minimum absolute atomic E-state index is 0.240. The van der Waals surface area contributed by atoms with E-state index >= 15 is 0 Å². The smallest absolute Gasteiger partial charge is 0.243 e. The summed E-state index contributed by atoms with van der Waals surface area (Å²) in [7, 11) is 0. The molecule has 4 nitrogen and oxygen atoms in total. The van der Waals surface area contributed by atoms with Gasteiger partial charge in [-0.2, -0.15) is 4.98 Å². The largest absolute Gasteiger partial charge is 0.337 e. The van der Waals surface area contributed by atoms with Crippen molar-refractivity contribution in [3.05, 3.63) is 36.0 Å². The zero-order valence-electron chi connectivity index (χ0n) is 9.56. The van der Waals surface area contributed by atoms with E-state index < -0.39 is 0 Å². The molecule has 0 bridgehead atoms. The molecule has 2 aromatic rings. The molecule has 1 aromatic heterocycles. The fourth-order valence-electron chi connectivity index (χ4n) is 1.57. The van der Waals surface area contributed by atoms with Crippen molar-refractivity contribution in [3.8, 4) is 11.4 Å². The standard InChI is InChI=1S/C12H14FN3O/c1-2-5-10(14)12-15-11(16-17-12)8-6-3-4-7-9(8)13/h3-4,6-7,10H,2,5,14H2,1H3/t10-/m1/s1. The van der Waals surface area contributed by atoms with Gasteiger partial charge in [0.2, 0.25) is 11.7 Å². The predicted molar refractivity (Wildman–Crippen MR) is 61.5 cm³/mol. The van der Waals surface area contributed by atoms with Gasteiger partial charge in [0.25, 0.3) is 0 Å². The number of nitrogens with zero attached hydrogens (tertiary/aromatic N) is 2. The van der Waals surface area contributed by atoms with Crippen LogP contribution in [-0.2, 0) is 0 Å². The van der Waals surface area contributed by atoms with Crippen molar-refractivity contribution >= 4 is 0 Å². The Morgan fingerprint density at radius 3 is 2.88 bits per heavy atom. The third kappa shape index (κ3) is 2.50. The molecule has 1 atom stereocenters. The highest BCUT2D eigenvalue weighted by molar-refractivity contribution is 5.54. The summed E-state index contributed by atoms with van der Waals surface area (Å²) in [4.78, 5) is 4.12. The van der Waals surface area contributed by atoms with E-state index in [4.69, 9.17) is 10.3 Å². The van der Waals surface area contributed by atoms with E-state index in [0.29, 0.717) is 11.5 Å². The van der Waals surface area contributed by atoms with E-state index in [1.165, 1.54) is 6.07 Å². The molecule has 0 amide bonds. The van der Waals surface area contributed by atoms with E-state index in [-0.39, 0.29) is 17.7 Å². The first-order valence-electron chi connectivity index (χ1n) is 5.56. The summed E-state index contributed by atoms with van der Waals surface area (Å²) in [6.07, 6.45) is 1.69. The molecular formula is C12H14FN3O. The Bertz CT molecular complexity index is 498. The number of nitrogens with two attached hydrogens (primary N) is 1. The Labute approximate surface area is 98.6 Å². The fraction of sp³-hybridized carbons (Fsp3) is 0.333. The first kappa shape index (κ1) is 11.7. The number of halogens is 1. The molecule has 0 unspecified atom stereocenters. The lowest BCUT2D eigenvalue weighted by Gasteiger charge is -2.02. The molecule has 0 aliphatic carbocycles. The van der Waals surface area contributed by atoms with Gasteiger partial charge >= 0.3 is 0 Å². The second-order valence-electron chi connectivity index (χ2n) is 3.83. The van der Waals surface area contributed by atoms with Crippen molar-refractivity contribution in [2.75, 3.05) is 0 Å². The van der Waals surface area contributed by atoms with Gasteiger partial charge in [-0.15, -0.1) is 0 Å². The molecule has 1 aromatic carbocycles. The van der Waals surface area contributed by atoms with Gasteiger partial charge in [0.15, 0.2) is 0 Å². The average Bonchev–Trinajstić information content (AvgIpc) is 2.79. The van der Waals surface area contributed by atoms with Crippen LogP contribution in [0.2, 0.25) is 0 Å². The van der Waals surface area contributed by atoms with Crippen LogP contribution in [0, 0.1) is 5.82 Å². The molecule has 17 heavy (non-hydrogen) atoms. The Hall–Kier alpha value is -1.75. The highest BCUT2D eigenvalue weighted by atomic mass is 19.1. The fourth-order valence-corrected chi connectivity index (χ4v) is 1.57. The molecule has 0 fully saturated rings. The molecule has 1 heterocycles. The lowest BCUT2D eigenvalue weighted by atomic mass is 10.2. The number of aromatic nitrogens is 2. The highest BCUT2D eigenvalue weighted by Crippen LogP contribution is 2.21. The molecule has 0 saturated carbocycles. The second kappa shape index (κ2) is 5.05. The maximum absolute atomic E-state index is 13.5. The van der Waals surface area contributed by atoms with E-state index in [1.54, 1.807) is 18.2 Å². The quantitative estimate of drug-likeness (QED) is 0.884. The lowest BCUT2D eigenvalue weighted by Crippen LogP contribution is -2.09. The molecule has 0 radical (unpaired) electrons. The van der Waals surface area contributed by atoms with Crippen LogP contribution in [0.4, 0.5) is 4.39 Å². The third-order valence-electron chi connectivity index (χ3n) is 2.47. The number of hydrogen-bond donors (Lipinski definition) is 1. The zero-order valence-corrected chi connectivity index (χ0v) is 9.56. The first-order chi connectivity index (χ1) is 8.22. The number of rotatable bonds is 4. The summed E-state index contributed by atoms with van der Waals surface area (Å²) >= 11 is 0. The third-order valence-corrected chi connectivity index (χ3v) is 2.47. The summed E-state index contributed by atoms with van der Waals surface area (Å²) < 4.78 is 18.5. The van der Waals surface area contributed by atoms with Gasteiger partial charge in [-0.1, -0.05) is 30.6 Å². The van der Waals surface area contributed by atoms with Crippen LogP contribution >= 0.6 is 0 Å². The first-order valence-corrected chi connectivity index (χ1v) is 5.56. The molecule has 0 aliphatic heterocycles. The Kier molecular flexibility index (Phi) is 3.49. The molecule has 5 heteroatoms. The average molecular weight is 235 g/mol. The molecule has 2 N–H and O–H groups in total. The van der Waals surface area contributed by atoms with Crippen molar-refractivity contribution in [1.82, 2.24) is 10.1 Å². The molecule has 2 rings (SSSR count). The van der Waals surface area contributed by atoms with Crippen LogP contribution < -0.4 is 5.73 Å². The van der Waals surface area contributed by atoms with Crippen LogP contribution in [0.15, 0.2) is 28.8 Å². The maximum Gasteiger partial charge on any atom is 0.243 e. The van der Waals surface area contributed by atoms with Crippen molar-refractivity contribution < 1.29 is 8.91 Å². The van der Waals surface area contributed by atoms with E-state index in [2.05, 4.69) is 10.1 Å². The van der Waals surface area contributed by atoms with Gasteiger partial charge in [-0.25, -0.2) is 4.39 Å². The molecule has 0 saturated heterocycles. The zero-order chi connectivity index (χ0) is 12.3. The van der Waals surface area contributed by atoms with E-state index in [0.717, 1.165) is 12.8 Å². The van der Waals surface area contributed by atoms with Crippen molar-refractivity contribution in [2.24, 2.45) is 5.73 Å². The molecular weight excluding hydrogens is 221 g/mol. The monoisotopic (exact) mass is 235 g/mol. The summed E-state index contributed by atoms with van der Waals surface area (Å²) in [5.41, 5.74) is 6.17. The van der Waals surface area contributed by atoms with Crippen LogP contribution in [0.1, 0.15) is 31.7 Å². The maximum atomic E-state index is 13.5. The topological polar surface area (TPSA) is 64.9 Å². The normalized spacial score (nSPS) is 12.6. The second-order valence-corrected chi connectivity index (χ2v) is 3.83. The van der Waals surface area contributed by atoms with Gasteiger partial charge in [-0.05, 0) is 18.6 Å². The van der Waals surface area contributed by atoms with Crippen LogP contribution in [0.3, 0.4) is 0 Å². The summed E-state index contributed by atoms with van der Waals surface area (Å²) in [5, 5.41) is 3.74. The van der Waals surface area contributed by atoms with Crippen molar-refractivity contribution in [3.63, 3.8) is 0 Å².